The second kappa shape index (κ2) is 7.45. The molecule has 0 aliphatic rings. The first-order chi connectivity index (χ1) is 8.15. The monoisotopic (exact) mass is 300 g/mol. The zero-order valence-electron chi connectivity index (χ0n) is 10.2. The third-order valence-electron chi connectivity index (χ3n) is 2.15. The van der Waals surface area contributed by atoms with Crippen LogP contribution < -0.4 is 4.74 Å². The van der Waals surface area contributed by atoms with E-state index in [2.05, 4.69) is 22.9 Å². The van der Waals surface area contributed by atoms with Crippen LogP contribution in [0.3, 0.4) is 0 Å². The minimum absolute atomic E-state index is 0.00391. The summed E-state index contributed by atoms with van der Waals surface area (Å²) in [6.07, 6.45) is 0.997. The molecule has 1 aromatic rings. The number of carbonyl (C=O) groups excluding carboxylic acids is 1. The van der Waals surface area contributed by atoms with Gasteiger partial charge in [0, 0.05) is 11.1 Å². The van der Waals surface area contributed by atoms with E-state index in [4.69, 9.17) is 9.47 Å². The van der Waals surface area contributed by atoms with Crippen molar-refractivity contribution in [3.63, 3.8) is 0 Å². The molecule has 0 saturated heterocycles. The Morgan fingerprint density at radius 2 is 2.06 bits per heavy atom. The highest BCUT2D eigenvalue weighted by Crippen LogP contribution is 2.23. The van der Waals surface area contributed by atoms with Gasteiger partial charge in [-0.15, -0.1) is 0 Å². The molecular formula is C13H17BrO3. The van der Waals surface area contributed by atoms with Gasteiger partial charge in [-0.2, -0.15) is 0 Å². The van der Waals surface area contributed by atoms with E-state index in [0.29, 0.717) is 24.5 Å². The Kier molecular flexibility index (Phi) is 6.22. The summed E-state index contributed by atoms with van der Waals surface area (Å²) in [6, 6.07) is 5.42. The average molecular weight is 301 g/mol. The summed E-state index contributed by atoms with van der Waals surface area (Å²) in [5.74, 6) is 0.608. The van der Waals surface area contributed by atoms with Crippen LogP contribution in [0.4, 0.5) is 0 Å². The third-order valence-corrected chi connectivity index (χ3v) is 2.65. The van der Waals surface area contributed by atoms with Crippen molar-refractivity contribution in [1.29, 1.82) is 0 Å². The van der Waals surface area contributed by atoms with Gasteiger partial charge >= 0.3 is 0 Å². The molecular weight excluding hydrogens is 284 g/mol. The number of hydrogen-bond acceptors (Lipinski definition) is 3. The Morgan fingerprint density at radius 1 is 1.29 bits per heavy atom. The van der Waals surface area contributed by atoms with Gasteiger partial charge in [-0.05, 0) is 31.5 Å². The molecule has 94 valence electrons. The number of carbonyl (C=O) groups is 1. The topological polar surface area (TPSA) is 35.5 Å². The molecule has 0 atom stereocenters. The molecule has 0 aliphatic carbocycles. The standard InChI is InChI=1S/C13H17BrO3/c1-3-6-16-7-8-17-13-5-4-11(14)9-12(13)10(2)15/h4-5,9H,3,6-8H2,1-2H3. The SMILES string of the molecule is CCCOCCOc1ccc(Br)cc1C(C)=O. The lowest BCUT2D eigenvalue weighted by Gasteiger charge is -2.10. The van der Waals surface area contributed by atoms with Gasteiger partial charge < -0.3 is 9.47 Å². The van der Waals surface area contributed by atoms with E-state index < -0.39 is 0 Å². The fourth-order valence-electron chi connectivity index (χ4n) is 1.36. The van der Waals surface area contributed by atoms with E-state index in [1.54, 1.807) is 12.1 Å². The minimum atomic E-state index is -0.00391. The summed E-state index contributed by atoms with van der Waals surface area (Å²) in [7, 11) is 0. The molecule has 0 saturated carbocycles. The first-order valence-electron chi connectivity index (χ1n) is 5.66. The minimum Gasteiger partial charge on any atom is -0.490 e. The Balaban J connectivity index is 2.55. The number of rotatable bonds is 7. The molecule has 0 bridgehead atoms. The highest BCUT2D eigenvalue weighted by molar-refractivity contribution is 9.10. The Morgan fingerprint density at radius 3 is 2.71 bits per heavy atom. The van der Waals surface area contributed by atoms with Crippen LogP contribution in [0.2, 0.25) is 0 Å². The molecule has 0 aliphatic heterocycles. The molecule has 0 fully saturated rings. The maximum atomic E-state index is 11.4. The highest BCUT2D eigenvalue weighted by Gasteiger charge is 2.08. The number of ketones is 1. The van der Waals surface area contributed by atoms with Gasteiger partial charge in [-0.3, -0.25) is 4.79 Å². The van der Waals surface area contributed by atoms with Crippen LogP contribution in [-0.4, -0.2) is 25.6 Å². The van der Waals surface area contributed by atoms with Crippen molar-refractivity contribution in [2.24, 2.45) is 0 Å². The van der Waals surface area contributed by atoms with E-state index in [9.17, 15) is 4.79 Å². The Hall–Kier alpha value is -0.870. The predicted octanol–water partition coefficient (Wildman–Crippen LogP) is 3.46. The van der Waals surface area contributed by atoms with Crippen LogP contribution in [0.15, 0.2) is 22.7 Å². The lowest BCUT2D eigenvalue weighted by atomic mass is 10.1. The molecule has 0 amide bonds. The smallest absolute Gasteiger partial charge is 0.163 e. The molecule has 4 heteroatoms. The van der Waals surface area contributed by atoms with Crippen LogP contribution >= 0.6 is 15.9 Å². The van der Waals surface area contributed by atoms with Crippen molar-refractivity contribution in [3.05, 3.63) is 28.2 Å². The molecule has 3 nitrogen and oxygen atoms in total. The van der Waals surface area contributed by atoms with Gasteiger partial charge in [0.05, 0.1) is 12.2 Å². The van der Waals surface area contributed by atoms with Crippen LogP contribution in [0.1, 0.15) is 30.6 Å². The van der Waals surface area contributed by atoms with Gasteiger partial charge in [-0.1, -0.05) is 22.9 Å². The van der Waals surface area contributed by atoms with Crippen molar-refractivity contribution in [3.8, 4) is 5.75 Å². The normalized spacial score (nSPS) is 10.3. The molecule has 0 heterocycles. The molecule has 17 heavy (non-hydrogen) atoms. The van der Waals surface area contributed by atoms with Crippen LogP contribution in [0.25, 0.3) is 0 Å². The largest absolute Gasteiger partial charge is 0.490 e. The summed E-state index contributed by atoms with van der Waals surface area (Å²) < 4.78 is 11.7. The summed E-state index contributed by atoms with van der Waals surface area (Å²) in [5, 5.41) is 0. The Labute approximate surface area is 110 Å². The summed E-state index contributed by atoms with van der Waals surface area (Å²) in [5.41, 5.74) is 0.592. The molecule has 1 rings (SSSR count). The molecule has 0 N–H and O–H groups in total. The van der Waals surface area contributed by atoms with Crippen LogP contribution in [0, 0.1) is 0 Å². The van der Waals surface area contributed by atoms with Crippen molar-refractivity contribution >= 4 is 21.7 Å². The fraction of sp³-hybridized carbons (Fsp3) is 0.462. The zero-order chi connectivity index (χ0) is 12.7. The van der Waals surface area contributed by atoms with E-state index in [1.807, 2.05) is 6.07 Å². The molecule has 0 aromatic heterocycles. The van der Waals surface area contributed by atoms with E-state index in [0.717, 1.165) is 17.5 Å². The lowest BCUT2D eigenvalue weighted by Crippen LogP contribution is -2.09. The number of halogens is 1. The van der Waals surface area contributed by atoms with Crippen molar-refractivity contribution in [1.82, 2.24) is 0 Å². The molecule has 0 spiro atoms. The van der Waals surface area contributed by atoms with Crippen LogP contribution in [-0.2, 0) is 4.74 Å². The van der Waals surface area contributed by atoms with Crippen LogP contribution in [0.5, 0.6) is 5.75 Å². The number of ether oxygens (including phenoxy) is 2. The maximum absolute atomic E-state index is 11.4. The number of benzene rings is 1. The maximum Gasteiger partial charge on any atom is 0.163 e. The van der Waals surface area contributed by atoms with Crippen molar-refractivity contribution < 1.29 is 14.3 Å². The highest BCUT2D eigenvalue weighted by atomic mass is 79.9. The second-order valence-corrected chi connectivity index (χ2v) is 4.57. The van der Waals surface area contributed by atoms with Gasteiger partial charge in [0.2, 0.25) is 0 Å². The van der Waals surface area contributed by atoms with Crippen molar-refractivity contribution in [2.75, 3.05) is 19.8 Å². The number of Topliss-reactive ketones (excluding diaryl/α,β-unsaturated/α-hetero) is 1. The average Bonchev–Trinajstić information content (AvgIpc) is 2.30. The van der Waals surface area contributed by atoms with E-state index in [-0.39, 0.29) is 5.78 Å². The molecule has 0 unspecified atom stereocenters. The molecule has 1 aromatic carbocycles. The van der Waals surface area contributed by atoms with Gasteiger partial charge in [0.15, 0.2) is 5.78 Å². The van der Waals surface area contributed by atoms with Gasteiger partial charge in [0.25, 0.3) is 0 Å². The fourth-order valence-corrected chi connectivity index (χ4v) is 1.72. The summed E-state index contributed by atoms with van der Waals surface area (Å²) in [4.78, 5) is 11.4. The third kappa shape index (κ3) is 4.88. The van der Waals surface area contributed by atoms with E-state index >= 15 is 0 Å². The summed E-state index contributed by atoms with van der Waals surface area (Å²) >= 11 is 3.33. The first-order valence-corrected chi connectivity index (χ1v) is 6.45. The van der Waals surface area contributed by atoms with E-state index in [1.165, 1.54) is 6.92 Å². The predicted molar refractivity (Wildman–Crippen MR) is 70.8 cm³/mol. The second-order valence-electron chi connectivity index (χ2n) is 3.66. The molecule has 0 radical (unpaired) electrons. The first kappa shape index (κ1) is 14.2. The van der Waals surface area contributed by atoms with Gasteiger partial charge in [-0.25, -0.2) is 0 Å². The zero-order valence-corrected chi connectivity index (χ0v) is 11.7. The number of hydrogen-bond donors (Lipinski definition) is 0. The summed E-state index contributed by atoms with van der Waals surface area (Å²) in [6.45, 7) is 5.33. The lowest BCUT2D eigenvalue weighted by molar-refractivity contribution is 0.0963. The Bertz CT molecular complexity index is 377. The van der Waals surface area contributed by atoms with Gasteiger partial charge in [0.1, 0.15) is 12.4 Å². The van der Waals surface area contributed by atoms with Crippen molar-refractivity contribution in [2.45, 2.75) is 20.3 Å². The quantitative estimate of drug-likeness (QED) is 0.571.